The SMILES string of the molecule is C[C@@H]([C]=O)OC(=O)C(C)(C)C. The predicted octanol–water partition coefficient (Wildman–Crippen LogP) is 1.07. The summed E-state index contributed by atoms with van der Waals surface area (Å²) in [6.45, 7) is 6.67. The summed E-state index contributed by atoms with van der Waals surface area (Å²) in [5.74, 6) is -0.381. The van der Waals surface area contributed by atoms with Gasteiger partial charge < -0.3 is 4.74 Å². The molecule has 0 saturated heterocycles. The van der Waals surface area contributed by atoms with Gasteiger partial charge >= 0.3 is 5.97 Å². The first-order valence-corrected chi connectivity index (χ1v) is 3.46. The average Bonchev–Trinajstić information content (AvgIpc) is 1.85. The first-order valence-electron chi connectivity index (χ1n) is 3.46. The normalized spacial score (nSPS) is 13.8. The molecule has 0 aliphatic carbocycles. The van der Waals surface area contributed by atoms with Gasteiger partial charge in [0.05, 0.1) is 5.41 Å². The van der Waals surface area contributed by atoms with Gasteiger partial charge in [0.25, 0.3) is 0 Å². The van der Waals surface area contributed by atoms with Gasteiger partial charge in [0.2, 0.25) is 6.29 Å². The molecule has 0 N–H and O–H groups in total. The fourth-order valence-electron chi connectivity index (χ4n) is 0.361. The van der Waals surface area contributed by atoms with Crippen LogP contribution in [0.25, 0.3) is 0 Å². The molecule has 0 aromatic heterocycles. The van der Waals surface area contributed by atoms with Crippen LogP contribution in [0.5, 0.6) is 0 Å². The Morgan fingerprint density at radius 1 is 1.45 bits per heavy atom. The molecule has 0 amide bonds. The van der Waals surface area contributed by atoms with E-state index in [1.807, 2.05) is 0 Å². The molecule has 0 rings (SSSR count). The van der Waals surface area contributed by atoms with Crippen molar-refractivity contribution in [1.82, 2.24) is 0 Å². The van der Waals surface area contributed by atoms with Gasteiger partial charge in [0.1, 0.15) is 0 Å². The van der Waals surface area contributed by atoms with Gasteiger partial charge in [-0.25, -0.2) is 0 Å². The Kier molecular flexibility index (Phi) is 3.23. The van der Waals surface area contributed by atoms with Crippen LogP contribution in [0.2, 0.25) is 0 Å². The van der Waals surface area contributed by atoms with Gasteiger partial charge in [0, 0.05) is 0 Å². The molecule has 0 heterocycles. The van der Waals surface area contributed by atoms with Gasteiger partial charge in [-0.3, -0.25) is 9.59 Å². The van der Waals surface area contributed by atoms with Crippen LogP contribution in [-0.2, 0) is 14.3 Å². The monoisotopic (exact) mass is 157 g/mol. The standard InChI is InChI=1S/C8H13O3/c1-6(5-9)11-7(10)8(2,3)4/h6H,1-4H3/t6-/m0/s1. The lowest BCUT2D eigenvalue weighted by atomic mass is 9.97. The fraction of sp³-hybridized carbons (Fsp3) is 0.750. The molecule has 11 heavy (non-hydrogen) atoms. The van der Waals surface area contributed by atoms with Gasteiger partial charge in [0.15, 0.2) is 6.10 Å². The molecule has 0 spiro atoms. The van der Waals surface area contributed by atoms with Crippen LogP contribution in [0.1, 0.15) is 27.7 Å². The maximum Gasteiger partial charge on any atom is 0.311 e. The summed E-state index contributed by atoms with van der Waals surface area (Å²) < 4.78 is 4.70. The quantitative estimate of drug-likeness (QED) is 0.563. The van der Waals surface area contributed by atoms with Crippen molar-refractivity contribution in [3.63, 3.8) is 0 Å². The topological polar surface area (TPSA) is 43.4 Å². The van der Waals surface area contributed by atoms with Crippen molar-refractivity contribution >= 4 is 12.3 Å². The highest BCUT2D eigenvalue weighted by Crippen LogP contribution is 2.15. The van der Waals surface area contributed by atoms with E-state index in [2.05, 4.69) is 0 Å². The minimum atomic E-state index is -0.762. The highest BCUT2D eigenvalue weighted by atomic mass is 16.5. The Hall–Kier alpha value is -0.860. The van der Waals surface area contributed by atoms with Crippen molar-refractivity contribution in [3.8, 4) is 0 Å². The van der Waals surface area contributed by atoms with Gasteiger partial charge in [-0.1, -0.05) is 0 Å². The number of ether oxygens (including phenoxy) is 1. The third-order valence-corrected chi connectivity index (χ3v) is 1.06. The molecular weight excluding hydrogens is 144 g/mol. The fourth-order valence-corrected chi connectivity index (χ4v) is 0.361. The summed E-state index contributed by atoms with van der Waals surface area (Å²) in [5, 5.41) is 0. The van der Waals surface area contributed by atoms with Crippen molar-refractivity contribution in [1.29, 1.82) is 0 Å². The van der Waals surface area contributed by atoms with Gasteiger partial charge in [-0.15, -0.1) is 0 Å². The van der Waals surface area contributed by atoms with E-state index in [-0.39, 0.29) is 5.97 Å². The van der Waals surface area contributed by atoms with Crippen molar-refractivity contribution in [3.05, 3.63) is 0 Å². The van der Waals surface area contributed by atoms with E-state index in [0.29, 0.717) is 0 Å². The smallest absolute Gasteiger partial charge is 0.311 e. The van der Waals surface area contributed by atoms with Crippen LogP contribution >= 0.6 is 0 Å². The molecule has 0 aliphatic heterocycles. The van der Waals surface area contributed by atoms with Crippen LogP contribution in [-0.4, -0.2) is 18.4 Å². The second-order valence-electron chi connectivity index (χ2n) is 3.42. The Morgan fingerprint density at radius 3 is 2.18 bits per heavy atom. The second-order valence-corrected chi connectivity index (χ2v) is 3.42. The largest absolute Gasteiger partial charge is 0.454 e. The Bertz CT molecular complexity index is 155. The van der Waals surface area contributed by atoms with Crippen molar-refractivity contribution in [2.24, 2.45) is 5.41 Å². The van der Waals surface area contributed by atoms with Crippen LogP contribution in [0.4, 0.5) is 0 Å². The average molecular weight is 157 g/mol. The van der Waals surface area contributed by atoms with Gasteiger partial charge in [-0.05, 0) is 27.7 Å². The van der Waals surface area contributed by atoms with Crippen LogP contribution in [0.3, 0.4) is 0 Å². The van der Waals surface area contributed by atoms with Crippen LogP contribution in [0.15, 0.2) is 0 Å². The predicted molar refractivity (Wildman–Crippen MR) is 40.7 cm³/mol. The first kappa shape index (κ1) is 10.1. The number of carbonyl (C=O) groups excluding carboxylic acids is 2. The molecule has 0 aromatic rings. The molecule has 0 aromatic carbocycles. The minimum absolute atomic E-state index is 0.381. The summed E-state index contributed by atoms with van der Waals surface area (Å²) in [5.41, 5.74) is -0.550. The van der Waals surface area contributed by atoms with Crippen molar-refractivity contribution in [2.75, 3.05) is 0 Å². The highest BCUT2D eigenvalue weighted by molar-refractivity contribution is 5.77. The number of esters is 1. The lowest BCUT2D eigenvalue weighted by Crippen LogP contribution is -2.27. The first-order chi connectivity index (χ1) is 4.88. The summed E-state index contributed by atoms with van der Waals surface area (Å²) in [7, 11) is 0. The Labute approximate surface area is 66.7 Å². The molecule has 1 radical (unpaired) electrons. The molecule has 3 heteroatoms. The Balaban J connectivity index is 3.98. The zero-order valence-corrected chi connectivity index (χ0v) is 7.30. The number of hydrogen-bond acceptors (Lipinski definition) is 3. The van der Waals surface area contributed by atoms with E-state index in [1.54, 1.807) is 27.1 Å². The zero-order valence-electron chi connectivity index (χ0n) is 7.30. The maximum atomic E-state index is 11.0. The molecular formula is C8H13O3. The minimum Gasteiger partial charge on any atom is -0.454 e. The number of carbonyl (C=O) groups is 1. The molecule has 0 saturated carbocycles. The van der Waals surface area contributed by atoms with Gasteiger partial charge in [-0.2, -0.15) is 0 Å². The number of hydrogen-bond donors (Lipinski definition) is 0. The molecule has 63 valence electrons. The summed E-state index contributed by atoms with van der Waals surface area (Å²) in [6.07, 6.45) is 0.813. The zero-order chi connectivity index (χ0) is 9.07. The third-order valence-electron chi connectivity index (χ3n) is 1.06. The summed E-state index contributed by atoms with van der Waals surface area (Å²) in [4.78, 5) is 21.0. The summed E-state index contributed by atoms with van der Waals surface area (Å²) in [6, 6.07) is 0. The lowest BCUT2D eigenvalue weighted by Gasteiger charge is -2.17. The lowest BCUT2D eigenvalue weighted by molar-refractivity contribution is -0.154. The second kappa shape index (κ2) is 3.51. The molecule has 3 nitrogen and oxygen atoms in total. The van der Waals surface area contributed by atoms with Crippen LogP contribution in [0, 0.1) is 5.41 Å². The van der Waals surface area contributed by atoms with E-state index in [0.717, 1.165) is 0 Å². The summed E-state index contributed by atoms with van der Waals surface area (Å²) >= 11 is 0. The molecule has 1 atom stereocenters. The molecule has 0 aliphatic rings. The Morgan fingerprint density at radius 2 is 1.91 bits per heavy atom. The third kappa shape index (κ3) is 3.75. The van der Waals surface area contributed by atoms with Crippen molar-refractivity contribution in [2.45, 2.75) is 33.8 Å². The molecule has 0 bridgehead atoms. The van der Waals surface area contributed by atoms with E-state index < -0.39 is 11.5 Å². The number of rotatable bonds is 2. The highest BCUT2D eigenvalue weighted by Gasteiger charge is 2.24. The van der Waals surface area contributed by atoms with Crippen molar-refractivity contribution < 1.29 is 14.3 Å². The molecule has 0 fully saturated rings. The maximum absolute atomic E-state index is 11.0. The molecule has 0 unspecified atom stereocenters. The van der Waals surface area contributed by atoms with E-state index >= 15 is 0 Å². The van der Waals surface area contributed by atoms with E-state index in [9.17, 15) is 9.59 Å². The van der Waals surface area contributed by atoms with E-state index in [1.165, 1.54) is 6.92 Å². The van der Waals surface area contributed by atoms with Crippen LogP contribution < -0.4 is 0 Å². The van der Waals surface area contributed by atoms with E-state index in [4.69, 9.17) is 4.74 Å².